The van der Waals surface area contributed by atoms with Crippen molar-refractivity contribution in [3.05, 3.63) is 12.7 Å². The van der Waals surface area contributed by atoms with Crippen LogP contribution in [0.3, 0.4) is 0 Å². The normalized spacial score (nSPS) is 20.7. The van der Waals surface area contributed by atoms with Gasteiger partial charge in [-0.2, -0.15) is 4.31 Å². The van der Waals surface area contributed by atoms with Crippen molar-refractivity contribution in [1.29, 1.82) is 0 Å². The number of aromatic nitrogens is 4. The monoisotopic (exact) mass is 963 g/mol. The van der Waals surface area contributed by atoms with Gasteiger partial charge in [-0.25, -0.2) is 28.6 Å². The zero-order valence-corrected chi connectivity index (χ0v) is 37.8. The number of carbonyl (C=O) groups excluding carboxylic acids is 4. The molecule has 10 N–H and O–H groups in total. The lowest BCUT2D eigenvalue weighted by Crippen LogP contribution is -2.46. The van der Waals surface area contributed by atoms with Gasteiger partial charge in [0.1, 0.15) is 42.0 Å². The summed E-state index contributed by atoms with van der Waals surface area (Å²) in [5, 5.41) is 26.1. The van der Waals surface area contributed by atoms with E-state index >= 15 is 0 Å². The number of ketones is 1. The molecular formula is C33H56N7O18P3S. The van der Waals surface area contributed by atoms with Crippen molar-refractivity contribution in [3.63, 3.8) is 0 Å². The lowest BCUT2D eigenvalue weighted by atomic mass is 9.87. The minimum Gasteiger partial charge on any atom is -0.386 e. The minimum atomic E-state index is -5.59. The molecule has 1 saturated heterocycles. The Morgan fingerprint density at radius 2 is 1.61 bits per heavy atom. The van der Waals surface area contributed by atoms with Crippen LogP contribution in [-0.2, 0) is 55.5 Å². The Bertz CT molecular complexity index is 1970. The van der Waals surface area contributed by atoms with Gasteiger partial charge >= 0.3 is 23.5 Å². The number of carbonyl (C=O) groups is 4. The number of anilines is 1. The summed E-state index contributed by atoms with van der Waals surface area (Å²) < 4.78 is 62.2. The number of hydrogen-bond donors (Lipinski definition) is 9. The summed E-state index contributed by atoms with van der Waals surface area (Å²) in [7, 11) is -16.4. The van der Waals surface area contributed by atoms with Crippen molar-refractivity contribution in [2.75, 3.05) is 37.8 Å². The third-order valence-corrected chi connectivity index (χ3v) is 13.1. The smallest absolute Gasteiger partial charge is 0.386 e. The Labute approximate surface area is 361 Å². The first-order valence-electron chi connectivity index (χ1n) is 19.5. The number of nitrogens with zero attached hydrogens (tertiary/aromatic N) is 4. The average molecular weight is 964 g/mol. The van der Waals surface area contributed by atoms with E-state index in [1.54, 1.807) is 0 Å². The van der Waals surface area contributed by atoms with Crippen LogP contribution in [0.1, 0.15) is 91.2 Å². The fourth-order valence-corrected chi connectivity index (χ4v) is 9.40. The molecule has 352 valence electrons. The van der Waals surface area contributed by atoms with Crippen LogP contribution in [0.25, 0.3) is 11.2 Å². The van der Waals surface area contributed by atoms with Crippen LogP contribution < -0.4 is 16.4 Å². The molecule has 62 heavy (non-hydrogen) atoms. The highest BCUT2D eigenvalue weighted by atomic mass is 32.2. The summed E-state index contributed by atoms with van der Waals surface area (Å²) in [5.41, 5.74) is 4.24. The number of amides is 2. The molecule has 0 aliphatic carbocycles. The van der Waals surface area contributed by atoms with Crippen LogP contribution in [0.2, 0.25) is 0 Å². The number of rotatable bonds is 29. The van der Waals surface area contributed by atoms with E-state index in [4.69, 9.17) is 19.5 Å². The van der Waals surface area contributed by atoms with Gasteiger partial charge in [0.05, 0.1) is 26.0 Å². The largest absolute Gasteiger partial charge is 0.481 e. The van der Waals surface area contributed by atoms with Gasteiger partial charge in [0, 0.05) is 37.1 Å². The highest BCUT2D eigenvalue weighted by Crippen LogP contribution is 2.61. The highest BCUT2D eigenvalue weighted by molar-refractivity contribution is 8.13. The Morgan fingerprint density at radius 1 is 0.952 bits per heavy atom. The quantitative estimate of drug-likeness (QED) is 0.0318. The van der Waals surface area contributed by atoms with Crippen molar-refractivity contribution < 1.29 is 85.3 Å². The molecular weight excluding hydrogens is 907 g/mol. The van der Waals surface area contributed by atoms with Crippen molar-refractivity contribution in [2.45, 2.75) is 116 Å². The SMILES string of the molecule is CCCCCCCCCC(=O)CC(=O)SCCNC(=O)CCNC(=O)[C@H](O)C(C)(C)COP(=O)(O)OP(=O)(O)OC[C@H]1O[C@@H](n2cnc3c(N)ncnc32)[C@H](O)[C@@H]1OP(=O)(O)O. The molecule has 2 amide bonds. The first-order valence-corrected chi connectivity index (χ1v) is 25.0. The molecule has 0 saturated carbocycles. The number of unbranched alkanes of at least 4 members (excludes halogenated alkanes) is 6. The van der Waals surface area contributed by atoms with Gasteiger partial charge in [0.15, 0.2) is 22.8 Å². The number of nitrogen functional groups attached to an aromatic ring is 1. The molecule has 2 unspecified atom stereocenters. The molecule has 7 atom stereocenters. The van der Waals surface area contributed by atoms with Gasteiger partial charge in [-0.1, -0.05) is 71.1 Å². The second-order valence-corrected chi connectivity index (χ2v) is 20.3. The second kappa shape index (κ2) is 24.5. The first-order chi connectivity index (χ1) is 28.9. The summed E-state index contributed by atoms with van der Waals surface area (Å²) in [6.07, 6.45) is 0.649. The number of phosphoric ester groups is 3. The number of fused-ring (bicyclic) bond motifs is 1. The maximum Gasteiger partial charge on any atom is 0.481 e. The number of imidazole rings is 1. The molecule has 2 aromatic rings. The highest BCUT2D eigenvalue weighted by Gasteiger charge is 2.50. The van der Waals surface area contributed by atoms with E-state index in [-0.39, 0.29) is 59.6 Å². The van der Waals surface area contributed by atoms with Gasteiger partial charge in [-0.3, -0.25) is 37.3 Å². The summed E-state index contributed by atoms with van der Waals surface area (Å²) in [4.78, 5) is 100. The molecule has 29 heteroatoms. The summed E-state index contributed by atoms with van der Waals surface area (Å²) in [5.74, 6) is -1.40. The zero-order valence-electron chi connectivity index (χ0n) is 34.3. The van der Waals surface area contributed by atoms with Crippen LogP contribution in [0.5, 0.6) is 0 Å². The van der Waals surface area contributed by atoms with E-state index in [1.807, 2.05) is 0 Å². The van der Waals surface area contributed by atoms with Crippen LogP contribution in [-0.4, -0.2) is 128 Å². The Hall–Kier alpha value is -2.77. The molecule has 3 rings (SSSR count). The fraction of sp³-hybridized carbons (Fsp3) is 0.727. The maximum absolute atomic E-state index is 12.7. The standard InChI is InChI=1S/C33H56N7O18P3S/c1-4-5-6-7-8-9-10-11-21(41)16-24(43)62-15-14-35-23(42)12-13-36-31(46)28(45)33(2,3)18-55-61(52,53)58-60(50,51)54-17-22-27(57-59(47,48)49)26(44)32(56-22)40-20-39-25-29(34)37-19-38-30(25)40/h19-20,22,26-28,32,44-45H,4-18H2,1-3H3,(H,35,42)(H,36,46)(H,50,51)(H,52,53)(H2,34,37,38)(H2,47,48,49)/t22-,26-,27-,28+,32-/m1/s1. The predicted octanol–water partition coefficient (Wildman–Crippen LogP) is 1.76. The number of ether oxygens (including phenoxy) is 1. The van der Waals surface area contributed by atoms with Crippen molar-refractivity contribution in [1.82, 2.24) is 30.2 Å². The van der Waals surface area contributed by atoms with E-state index in [9.17, 15) is 62.7 Å². The molecule has 0 bridgehead atoms. The van der Waals surface area contributed by atoms with Crippen LogP contribution in [0.15, 0.2) is 12.7 Å². The van der Waals surface area contributed by atoms with Gasteiger partial charge in [-0.15, -0.1) is 0 Å². The number of thioether (sulfide) groups is 1. The zero-order chi connectivity index (χ0) is 46.3. The maximum atomic E-state index is 12.7. The molecule has 25 nitrogen and oxygen atoms in total. The number of nitrogens with one attached hydrogen (secondary N) is 2. The Kier molecular flexibility index (Phi) is 21.2. The third kappa shape index (κ3) is 18.0. The van der Waals surface area contributed by atoms with Gasteiger partial charge < -0.3 is 50.9 Å². The van der Waals surface area contributed by atoms with Gasteiger partial charge in [-0.05, 0) is 6.42 Å². The number of aliphatic hydroxyl groups excluding tert-OH is 2. The molecule has 1 fully saturated rings. The van der Waals surface area contributed by atoms with E-state index in [1.165, 1.54) is 33.1 Å². The van der Waals surface area contributed by atoms with Crippen molar-refractivity contribution in [3.8, 4) is 0 Å². The van der Waals surface area contributed by atoms with Crippen molar-refractivity contribution >= 4 is 74.9 Å². The summed E-state index contributed by atoms with van der Waals surface area (Å²) >= 11 is 0.931. The van der Waals surface area contributed by atoms with E-state index < -0.39 is 84.6 Å². The van der Waals surface area contributed by atoms with Gasteiger partial charge in [0.2, 0.25) is 11.8 Å². The summed E-state index contributed by atoms with van der Waals surface area (Å²) in [6, 6.07) is 0. The number of hydrogen-bond acceptors (Lipinski definition) is 19. The molecule has 0 aromatic carbocycles. The summed E-state index contributed by atoms with van der Waals surface area (Å²) in [6.45, 7) is 2.48. The Balaban J connectivity index is 1.39. The first kappa shape index (κ1) is 53.6. The minimum absolute atomic E-state index is 0.0257. The molecule has 1 aliphatic heterocycles. The molecule has 0 spiro atoms. The Morgan fingerprint density at radius 3 is 2.29 bits per heavy atom. The third-order valence-electron chi connectivity index (χ3n) is 9.17. The molecule has 1 aliphatic rings. The number of aliphatic hydroxyl groups is 2. The fourth-order valence-electron chi connectivity index (χ4n) is 5.87. The topological polar surface area (TPSA) is 381 Å². The number of phosphoric acid groups is 3. The van der Waals surface area contributed by atoms with E-state index in [2.05, 4.69) is 41.3 Å². The van der Waals surface area contributed by atoms with Crippen LogP contribution in [0, 0.1) is 5.41 Å². The van der Waals surface area contributed by atoms with Gasteiger partial charge in [0.25, 0.3) is 0 Å². The number of nitrogens with two attached hydrogens (primary N) is 1. The molecule has 2 aromatic heterocycles. The van der Waals surface area contributed by atoms with E-state index in [0.29, 0.717) is 6.42 Å². The van der Waals surface area contributed by atoms with Crippen LogP contribution >= 0.6 is 35.2 Å². The molecule has 0 radical (unpaired) electrons. The average Bonchev–Trinajstić information content (AvgIpc) is 3.74. The predicted molar refractivity (Wildman–Crippen MR) is 219 cm³/mol. The lowest BCUT2D eigenvalue weighted by molar-refractivity contribution is -0.137. The molecule has 3 heterocycles. The lowest BCUT2D eigenvalue weighted by Gasteiger charge is -2.30. The second-order valence-electron chi connectivity index (χ2n) is 14.9. The number of Topliss-reactive ketones (excluding diaryl/α,β-unsaturated/α-hetero) is 1. The van der Waals surface area contributed by atoms with E-state index in [0.717, 1.165) is 54.7 Å². The van der Waals surface area contributed by atoms with Crippen LogP contribution in [0.4, 0.5) is 5.82 Å². The van der Waals surface area contributed by atoms with Crippen molar-refractivity contribution in [2.24, 2.45) is 5.41 Å².